The summed E-state index contributed by atoms with van der Waals surface area (Å²) in [7, 11) is 0. The van der Waals surface area contributed by atoms with Gasteiger partial charge in [-0.2, -0.15) is 0 Å². The Morgan fingerprint density at radius 2 is 1.95 bits per heavy atom. The van der Waals surface area contributed by atoms with Gasteiger partial charge < -0.3 is 0 Å². The van der Waals surface area contributed by atoms with Crippen LogP contribution in [-0.4, -0.2) is 29.3 Å². The summed E-state index contributed by atoms with van der Waals surface area (Å²) in [5, 5.41) is 0.674. The van der Waals surface area contributed by atoms with Crippen molar-refractivity contribution in [1.29, 1.82) is 0 Å². The quantitative estimate of drug-likeness (QED) is 0.763. The Morgan fingerprint density at radius 1 is 1.30 bits per heavy atom. The molecule has 0 N–H and O–H groups in total. The average Bonchev–Trinajstić information content (AvgIpc) is 2.49. The van der Waals surface area contributed by atoms with Crippen LogP contribution < -0.4 is 0 Å². The molecule has 110 valence electrons. The summed E-state index contributed by atoms with van der Waals surface area (Å²) in [6, 6.07) is 5.65. The number of piperidine rings is 1. The van der Waals surface area contributed by atoms with Gasteiger partial charge in [-0.25, -0.2) is 0 Å². The van der Waals surface area contributed by atoms with Crippen molar-refractivity contribution in [2.45, 2.75) is 52.0 Å². The van der Waals surface area contributed by atoms with E-state index in [-0.39, 0.29) is 5.78 Å². The largest absolute Gasteiger partial charge is 0.292 e. The van der Waals surface area contributed by atoms with Crippen LogP contribution in [0.4, 0.5) is 0 Å². The second kappa shape index (κ2) is 6.28. The summed E-state index contributed by atoms with van der Waals surface area (Å²) in [6.45, 7) is 8.18. The van der Waals surface area contributed by atoms with Gasteiger partial charge in [0.2, 0.25) is 0 Å². The Labute approximate surface area is 127 Å². The zero-order chi connectivity index (χ0) is 14.8. The average molecular weight is 294 g/mol. The van der Waals surface area contributed by atoms with E-state index in [0.717, 1.165) is 30.6 Å². The Balaban J connectivity index is 2.29. The summed E-state index contributed by atoms with van der Waals surface area (Å²) in [6.07, 6.45) is 4.49. The molecular formula is C17H24ClNO. The monoisotopic (exact) mass is 293 g/mol. The standard InChI is InChI=1S/C17H24ClNO/c1-4-17(3,19-10-6-5-7-11-19)16(20)14-9-8-13(2)15(18)12-14/h8-9,12H,4-7,10-11H2,1-3H3. The molecule has 1 unspecified atom stereocenters. The topological polar surface area (TPSA) is 20.3 Å². The highest BCUT2D eigenvalue weighted by atomic mass is 35.5. The number of hydrogen-bond acceptors (Lipinski definition) is 2. The van der Waals surface area contributed by atoms with E-state index >= 15 is 0 Å². The van der Waals surface area contributed by atoms with Crippen molar-refractivity contribution in [2.24, 2.45) is 0 Å². The molecule has 0 bridgehead atoms. The Hall–Kier alpha value is -0.860. The third-order valence-electron chi connectivity index (χ3n) is 4.67. The number of benzene rings is 1. The zero-order valence-electron chi connectivity index (χ0n) is 12.7. The SMILES string of the molecule is CCC(C)(C(=O)c1ccc(C)c(Cl)c1)N1CCCCC1. The molecule has 2 nitrogen and oxygen atoms in total. The fraction of sp³-hybridized carbons (Fsp3) is 0.588. The van der Waals surface area contributed by atoms with Gasteiger partial charge in [-0.15, -0.1) is 0 Å². The zero-order valence-corrected chi connectivity index (χ0v) is 13.5. The van der Waals surface area contributed by atoms with Gasteiger partial charge in [-0.1, -0.05) is 37.1 Å². The molecule has 0 aliphatic carbocycles. The normalized spacial score (nSPS) is 19.6. The van der Waals surface area contributed by atoms with E-state index in [2.05, 4.69) is 18.7 Å². The number of carbonyl (C=O) groups is 1. The molecule has 0 radical (unpaired) electrons. The van der Waals surface area contributed by atoms with Crippen molar-refractivity contribution in [3.05, 3.63) is 34.3 Å². The minimum atomic E-state index is -0.404. The van der Waals surface area contributed by atoms with Crippen LogP contribution in [0.3, 0.4) is 0 Å². The van der Waals surface area contributed by atoms with Crippen LogP contribution in [0.15, 0.2) is 18.2 Å². The van der Waals surface area contributed by atoms with Crippen molar-refractivity contribution in [1.82, 2.24) is 4.90 Å². The number of ketones is 1. The highest BCUT2D eigenvalue weighted by molar-refractivity contribution is 6.31. The van der Waals surface area contributed by atoms with Crippen molar-refractivity contribution in [2.75, 3.05) is 13.1 Å². The van der Waals surface area contributed by atoms with Crippen LogP contribution in [0.2, 0.25) is 5.02 Å². The number of likely N-dealkylation sites (tertiary alicyclic amines) is 1. The molecule has 0 amide bonds. The molecule has 0 saturated carbocycles. The minimum Gasteiger partial charge on any atom is -0.292 e. The van der Waals surface area contributed by atoms with Crippen molar-refractivity contribution in [3.63, 3.8) is 0 Å². The number of Topliss-reactive ketones (excluding diaryl/α,β-unsaturated/α-hetero) is 1. The lowest BCUT2D eigenvalue weighted by Crippen LogP contribution is -2.53. The maximum absolute atomic E-state index is 13.0. The predicted molar refractivity (Wildman–Crippen MR) is 84.6 cm³/mol. The van der Waals surface area contributed by atoms with Crippen LogP contribution in [0.25, 0.3) is 0 Å². The lowest BCUT2D eigenvalue weighted by atomic mass is 9.85. The number of hydrogen-bond donors (Lipinski definition) is 0. The molecule has 1 aliphatic rings. The third kappa shape index (κ3) is 2.91. The molecular weight excluding hydrogens is 270 g/mol. The van der Waals surface area contributed by atoms with Gasteiger partial charge in [-0.05, 0) is 57.8 Å². The van der Waals surface area contributed by atoms with Crippen molar-refractivity contribution >= 4 is 17.4 Å². The van der Waals surface area contributed by atoms with Gasteiger partial charge >= 0.3 is 0 Å². The molecule has 0 aromatic heterocycles. The molecule has 1 saturated heterocycles. The first-order valence-corrected chi connectivity index (χ1v) is 7.93. The van der Waals surface area contributed by atoms with Crippen molar-refractivity contribution < 1.29 is 4.79 Å². The van der Waals surface area contributed by atoms with E-state index in [0.29, 0.717) is 5.02 Å². The molecule has 1 fully saturated rings. The van der Waals surface area contributed by atoms with E-state index in [1.54, 1.807) is 0 Å². The Kier molecular flexibility index (Phi) is 4.87. The fourth-order valence-corrected chi connectivity index (χ4v) is 3.14. The van der Waals surface area contributed by atoms with Gasteiger partial charge in [0.05, 0.1) is 5.54 Å². The van der Waals surface area contributed by atoms with Crippen LogP contribution >= 0.6 is 11.6 Å². The smallest absolute Gasteiger partial charge is 0.182 e. The molecule has 1 aliphatic heterocycles. The summed E-state index contributed by atoms with van der Waals surface area (Å²) >= 11 is 6.17. The van der Waals surface area contributed by atoms with Crippen LogP contribution in [0.5, 0.6) is 0 Å². The Bertz CT molecular complexity index is 494. The first kappa shape index (κ1) is 15.5. The Morgan fingerprint density at radius 3 is 2.50 bits per heavy atom. The van der Waals surface area contributed by atoms with Gasteiger partial charge in [-0.3, -0.25) is 9.69 Å². The van der Waals surface area contributed by atoms with Crippen molar-refractivity contribution in [3.8, 4) is 0 Å². The highest BCUT2D eigenvalue weighted by Gasteiger charge is 2.38. The van der Waals surface area contributed by atoms with Crippen LogP contribution in [-0.2, 0) is 0 Å². The lowest BCUT2D eigenvalue weighted by Gasteiger charge is -2.42. The van der Waals surface area contributed by atoms with E-state index in [1.807, 2.05) is 25.1 Å². The number of aryl methyl sites for hydroxylation is 1. The first-order valence-electron chi connectivity index (χ1n) is 7.55. The molecule has 2 rings (SSSR count). The maximum Gasteiger partial charge on any atom is 0.182 e. The predicted octanol–water partition coefficient (Wildman–Crippen LogP) is 4.49. The first-order chi connectivity index (χ1) is 9.49. The van der Waals surface area contributed by atoms with Gasteiger partial charge in [0.15, 0.2) is 5.78 Å². The molecule has 1 atom stereocenters. The molecule has 20 heavy (non-hydrogen) atoms. The fourth-order valence-electron chi connectivity index (χ4n) is 2.96. The number of carbonyl (C=O) groups excluding carboxylic acids is 1. The molecule has 1 aromatic rings. The van der Waals surface area contributed by atoms with E-state index in [4.69, 9.17) is 11.6 Å². The number of nitrogens with zero attached hydrogens (tertiary/aromatic N) is 1. The maximum atomic E-state index is 13.0. The molecule has 0 spiro atoms. The van der Waals surface area contributed by atoms with E-state index in [1.165, 1.54) is 19.3 Å². The summed E-state index contributed by atoms with van der Waals surface area (Å²) < 4.78 is 0. The van der Waals surface area contributed by atoms with E-state index in [9.17, 15) is 4.79 Å². The van der Waals surface area contributed by atoms with Crippen LogP contribution in [0, 0.1) is 6.92 Å². The third-order valence-corrected chi connectivity index (χ3v) is 5.07. The second-order valence-electron chi connectivity index (χ2n) is 5.97. The second-order valence-corrected chi connectivity index (χ2v) is 6.38. The highest BCUT2D eigenvalue weighted by Crippen LogP contribution is 2.29. The number of rotatable bonds is 4. The summed E-state index contributed by atoms with van der Waals surface area (Å²) in [5.74, 6) is 0.198. The molecule has 1 aromatic carbocycles. The summed E-state index contributed by atoms with van der Waals surface area (Å²) in [5.41, 5.74) is 1.34. The number of halogens is 1. The lowest BCUT2D eigenvalue weighted by molar-refractivity contribution is 0.0505. The van der Waals surface area contributed by atoms with Gasteiger partial charge in [0, 0.05) is 10.6 Å². The summed E-state index contributed by atoms with van der Waals surface area (Å²) in [4.78, 5) is 15.3. The van der Waals surface area contributed by atoms with Gasteiger partial charge in [0.1, 0.15) is 0 Å². The van der Waals surface area contributed by atoms with Crippen LogP contribution in [0.1, 0.15) is 55.5 Å². The van der Waals surface area contributed by atoms with Gasteiger partial charge in [0.25, 0.3) is 0 Å². The molecule has 3 heteroatoms. The van der Waals surface area contributed by atoms with E-state index < -0.39 is 5.54 Å². The molecule has 1 heterocycles. The minimum absolute atomic E-state index is 0.198.